The number of benzene rings is 2. The zero-order valence-corrected chi connectivity index (χ0v) is 16.4. The number of rotatable bonds is 5. The number of hydrogen-bond donors (Lipinski definition) is 1. The van der Waals surface area contributed by atoms with Crippen molar-refractivity contribution in [1.82, 2.24) is 15.0 Å². The van der Waals surface area contributed by atoms with Crippen LogP contribution in [0.5, 0.6) is 0 Å². The van der Waals surface area contributed by atoms with Gasteiger partial charge in [0, 0.05) is 17.1 Å². The lowest BCUT2D eigenvalue weighted by Gasteiger charge is -2.30. The Morgan fingerprint density at radius 1 is 1.24 bits per heavy atom. The summed E-state index contributed by atoms with van der Waals surface area (Å²) in [4.78, 5) is 19.1. The molecule has 29 heavy (non-hydrogen) atoms. The number of amides is 1. The Bertz CT molecular complexity index is 992. The first-order valence-corrected chi connectivity index (χ1v) is 9.82. The van der Waals surface area contributed by atoms with Gasteiger partial charge < -0.3 is 9.84 Å². The molecule has 1 unspecified atom stereocenters. The molecule has 1 aliphatic heterocycles. The van der Waals surface area contributed by atoms with Gasteiger partial charge in [-0.05, 0) is 55.8 Å². The van der Waals surface area contributed by atoms with E-state index in [1.165, 1.54) is 6.07 Å². The minimum atomic E-state index is -0.436. The van der Waals surface area contributed by atoms with E-state index in [4.69, 9.17) is 16.1 Å². The molecule has 2 heterocycles. The molecule has 0 bridgehead atoms. The zero-order chi connectivity index (χ0) is 20.2. The predicted octanol–water partition coefficient (Wildman–Crippen LogP) is 4.38. The molecule has 1 saturated heterocycles. The van der Waals surface area contributed by atoms with Crippen LogP contribution in [-0.4, -0.2) is 34.0 Å². The number of carbonyl (C=O) groups excluding carboxylic acids is 1. The molecule has 1 amide bonds. The third-order valence-corrected chi connectivity index (χ3v) is 5.19. The van der Waals surface area contributed by atoms with Gasteiger partial charge in [0.05, 0.1) is 18.2 Å². The van der Waals surface area contributed by atoms with Crippen LogP contribution in [0.3, 0.4) is 0 Å². The summed E-state index contributed by atoms with van der Waals surface area (Å²) in [6.07, 6.45) is 1.63. The summed E-state index contributed by atoms with van der Waals surface area (Å²) < 4.78 is 19.2. The molecule has 3 aromatic rings. The van der Waals surface area contributed by atoms with Crippen LogP contribution in [0.25, 0.3) is 11.4 Å². The largest absolute Gasteiger partial charge is 0.338 e. The van der Waals surface area contributed by atoms with Gasteiger partial charge in [-0.25, -0.2) is 4.39 Å². The number of hydrogen-bond acceptors (Lipinski definition) is 5. The molecular formula is C21H20ClFN4O2. The standard InChI is InChI=1S/C21H20ClFN4O2/c22-16-9-7-14(8-10-16)20-25-19(29-26-20)13-27-11-3-4-15(12-27)21(28)24-18-6-2-1-5-17(18)23/h1-2,5-10,15H,3-4,11-13H2,(H,24,28). The molecule has 1 aromatic heterocycles. The van der Waals surface area contributed by atoms with E-state index in [0.29, 0.717) is 29.8 Å². The minimum absolute atomic E-state index is 0.174. The lowest BCUT2D eigenvalue weighted by atomic mass is 9.97. The SMILES string of the molecule is O=C(Nc1ccccc1F)C1CCCN(Cc2nc(-c3ccc(Cl)cc3)no2)C1. The Kier molecular flexibility index (Phi) is 5.87. The zero-order valence-electron chi connectivity index (χ0n) is 15.6. The first kappa shape index (κ1) is 19.5. The molecule has 1 fully saturated rings. The molecule has 6 nitrogen and oxygen atoms in total. The van der Waals surface area contributed by atoms with Crippen molar-refractivity contribution in [3.63, 3.8) is 0 Å². The quantitative estimate of drug-likeness (QED) is 0.670. The van der Waals surface area contributed by atoms with Crippen molar-refractivity contribution in [1.29, 1.82) is 0 Å². The van der Waals surface area contributed by atoms with E-state index in [2.05, 4.69) is 20.4 Å². The predicted molar refractivity (Wildman–Crippen MR) is 108 cm³/mol. The van der Waals surface area contributed by atoms with Crippen molar-refractivity contribution in [3.8, 4) is 11.4 Å². The van der Waals surface area contributed by atoms with Gasteiger partial charge in [-0.2, -0.15) is 4.98 Å². The maximum Gasteiger partial charge on any atom is 0.241 e. The fourth-order valence-corrected chi connectivity index (χ4v) is 3.56. The number of nitrogens with one attached hydrogen (secondary N) is 1. The maximum absolute atomic E-state index is 13.8. The number of halogens is 2. The minimum Gasteiger partial charge on any atom is -0.338 e. The van der Waals surface area contributed by atoms with Crippen LogP contribution >= 0.6 is 11.6 Å². The Labute approximate surface area is 172 Å². The lowest BCUT2D eigenvalue weighted by Crippen LogP contribution is -2.40. The van der Waals surface area contributed by atoms with Crippen molar-refractivity contribution in [2.75, 3.05) is 18.4 Å². The summed E-state index contributed by atoms with van der Waals surface area (Å²) in [7, 11) is 0. The normalized spacial score (nSPS) is 17.2. The first-order valence-electron chi connectivity index (χ1n) is 9.45. The van der Waals surface area contributed by atoms with Crippen LogP contribution in [0, 0.1) is 11.7 Å². The average Bonchev–Trinajstić information content (AvgIpc) is 3.19. The highest BCUT2D eigenvalue weighted by molar-refractivity contribution is 6.30. The van der Waals surface area contributed by atoms with Gasteiger partial charge in [0.15, 0.2) is 0 Å². The smallest absolute Gasteiger partial charge is 0.241 e. The highest BCUT2D eigenvalue weighted by Crippen LogP contribution is 2.23. The highest BCUT2D eigenvalue weighted by atomic mass is 35.5. The molecule has 0 saturated carbocycles. The van der Waals surface area contributed by atoms with E-state index >= 15 is 0 Å². The third-order valence-electron chi connectivity index (χ3n) is 4.94. The van der Waals surface area contributed by atoms with Gasteiger partial charge >= 0.3 is 0 Å². The third kappa shape index (κ3) is 4.81. The van der Waals surface area contributed by atoms with Crippen molar-refractivity contribution in [3.05, 3.63) is 65.3 Å². The first-order chi connectivity index (χ1) is 14.1. The summed E-state index contributed by atoms with van der Waals surface area (Å²) in [6.45, 7) is 1.85. The van der Waals surface area contributed by atoms with Crippen LogP contribution in [0.2, 0.25) is 5.02 Å². The van der Waals surface area contributed by atoms with Gasteiger partial charge in [0.2, 0.25) is 17.6 Å². The van der Waals surface area contributed by atoms with Crippen molar-refractivity contribution in [2.45, 2.75) is 19.4 Å². The number of para-hydroxylation sites is 1. The van der Waals surface area contributed by atoms with E-state index in [1.54, 1.807) is 30.3 Å². The van der Waals surface area contributed by atoms with Crippen LogP contribution in [-0.2, 0) is 11.3 Å². The van der Waals surface area contributed by atoms with Gasteiger partial charge in [-0.15, -0.1) is 0 Å². The molecule has 2 aromatic carbocycles. The number of carbonyl (C=O) groups is 1. The molecule has 0 spiro atoms. The molecule has 150 valence electrons. The van der Waals surface area contributed by atoms with E-state index in [1.807, 2.05) is 12.1 Å². The van der Waals surface area contributed by atoms with Crippen molar-refractivity contribution < 1.29 is 13.7 Å². The second-order valence-electron chi connectivity index (χ2n) is 7.06. The van der Waals surface area contributed by atoms with Crippen molar-refractivity contribution in [2.24, 2.45) is 5.92 Å². The van der Waals surface area contributed by atoms with E-state index in [9.17, 15) is 9.18 Å². The Morgan fingerprint density at radius 3 is 2.83 bits per heavy atom. The number of likely N-dealkylation sites (tertiary alicyclic amines) is 1. The van der Waals surface area contributed by atoms with E-state index < -0.39 is 5.82 Å². The molecule has 0 radical (unpaired) electrons. The molecule has 4 rings (SSSR count). The molecule has 0 aliphatic carbocycles. The monoisotopic (exact) mass is 414 g/mol. The molecule has 1 aliphatic rings. The lowest BCUT2D eigenvalue weighted by molar-refractivity contribution is -0.121. The fourth-order valence-electron chi connectivity index (χ4n) is 3.44. The maximum atomic E-state index is 13.8. The number of anilines is 1. The average molecular weight is 415 g/mol. The van der Waals surface area contributed by atoms with Crippen LogP contribution in [0.15, 0.2) is 53.1 Å². The highest BCUT2D eigenvalue weighted by Gasteiger charge is 2.27. The van der Waals surface area contributed by atoms with E-state index in [-0.39, 0.29) is 17.5 Å². The number of piperidine rings is 1. The van der Waals surface area contributed by atoms with Gasteiger partial charge in [-0.1, -0.05) is 28.9 Å². The summed E-state index contributed by atoms with van der Waals surface area (Å²) in [5.74, 6) is 0.163. The Balaban J connectivity index is 1.37. The van der Waals surface area contributed by atoms with Crippen molar-refractivity contribution >= 4 is 23.2 Å². The summed E-state index contributed by atoms with van der Waals surface area (Å²) in [5, 5.41) is 7.36. The number of aromatic nitrogens is 2. The Morgan fingerprint density at radius 2 is 2.03 bits per heavy atom. The summed E-state index contributed by atoms with van der Waals surface area (Å²) >= 11 is 5.91. The molecule has 8 heteroatoms. The number of nitrogens with zero attached hydrogens (tertiary/aromatic N) is 3. The second kappa shape index (κ2) is 8.71. The second-order valence-corrected chi connectivity index (χ2v) is 7.50. The van der Waals surface area contributed by atoms with Crippen LogP contribution in [0.1, 0.15) is 18.7 Å². The van der Waals surface area contributed by atoms with Crippen LogP contribution in [0.4, 0.5) is 10.1 Å². The molecular weight excluding hydrogens is 395 g/mol. The summed E-state index contributed by atoms with van der Waals surface area (Å²) in [5.41, 5.74) is 1.03. The topological polar surface area (TPSA) is 71.3 Å². The van der Waals surface area contributed by atoms with Gasteiger partial charge in [0.25, 0.3) is 0 Å². The van der Waals surface area contributed by atoms with Crippen LogP contribution < -0.4 is 5.32 Å². The summed E-state index contributed by atoms with van der Waals surface area (Å²) in [6, 6.07) is 13.4. The molecule has 1 atom stereocenters. The van der Waals surface area contributed by atoms with Gasteiger partial charge in [0.1, 0.15) is 5.82 Å². The fraction of sp³-hybridized carbons (Fsp3) is 0.286. The van der Waals surface area contributed by atoms with Gasteiger partial charge in [-0.3, -0.25) is 9.69 Å². The van der Waals surface area contributed by atoms with E-state index in [0.717, 1.165) is 24.9 Å². The molecule has 1 N–H and O–H groups in total. The Hall–Kier alpha value is -2.77.